The predicted octanol–water partition coefficient (Wildman–Crippen LogP) is 1.32. The molecule has 0 spiro atoms. The zero-order valence-electron chi connectivity index (χ0n) is 9.52. The molecule has 0 amide bonds. The van der Waals surface area contributed by atoms with Crippen LogP contribution in [0.15, 0.2) is 24.5 Å². The van der Waals surface area contributed by atoms with Gasteiger partial charge in [-0.2, -0.15) is 0 Å². The van der Waals surface area contributed by atoms with E-state index in [9.17, 15) is 4.79 Å². The predicted molar refractivity (Wildman–Crippen MR) is 62.2 cm³/mol. The third kappa shape index (κ3) is 4.89. The van der Waals surface area contributed by atoms with E-state index in [4.69, 9.17) is 5.11 Å². The molecule has 1 aromatic heterocycles. The molecule has 0 aromatic carbocycles. The number of nitrogens with one attached hydrogen (secondary N) is 1. The average molecular weight is 222 g/mol. The Balaban J connectivity index is 2.07. The number of hydrogen-bond acceptors (Lipinski definition) is 3. The summed E-state index contributed by atoms with van der Waals surface area (Å²) in [7, 11) is 0. The maximum atomic E-state index is 10.5. The third-order valence-electron chi connectivity index (χ3n) is 2.49. The van der Waals surface area contributed by atoms with Crippen molar-refractivity contribution in [2.45, 2.75) is 19.8 Å². The van der Waals surface area contributed by atoms with Crippen LogP contribution in [-0.4, -0.2) is 29.1 Å². The maximum Gasteiger partial charge on any atom is 0.306 e. The molecule has 0 aliphatic rings. The molecular weight excluding hydrogens is 204 g/mol. The molecular formula is C12H18N2O2. The van der Waals surface area contributed by atoms with Gasteiger partial charge in [0.1, 0.15) is 0 Å². The highest BCUT2D eigenvalue weighted by molar-refractivity contribution is 5.69. The highest BCUT2D eigenvalue weighted by Gasteiger charge is 2.09. The van der Waals surface area contributed by atoms with Gasteiger partial charge < -0.3 is 10.4 Å². The van der Waals surface area contributed by atoms with Crippen molar-refractivity contribution in [3.05, 3.63) is 30.1 Å². The van der Waals surface area contributed by atoms with Gasteiger partial charge in [-0.25, -0.2) is 0 Å². The Morgan fingerprint density at radius 1 is 1.56 bits per heavy atom. The van der Waals surface area contributed by atoms with Crippen LogP contribution in [0.4, 0.5) is 0 Å². The molecule has 1 unspecified atom stereocenters. The number of pyridine rings is 1. The number of aliphatic carboxylic acids is 1. The van der Waals surface area contributed by atoms with Crippen LogP contribution >= 0.6 is 0 Å². The Hall–Kier alpha value is -1.42. The van der Waals surface area contributed by atoms with E-state index >= 15 is 0 Å². The van der Waals surface area contributed by atoms with Crippen molar-refractivity contribution >= 4 is 5.97 Å². The first kappa shape index (κ1) is 12.6. The van der Waals surface area contributed by atoms with E-state index in [0.717, 1.165) is 19.5 Å². The maximum absolute atomic E-state index is 10.5. The molecule has 0 saturated carbocycles. The summed E-state index contributed by atoms with van der Waals surface area (Å²) in [6, 6.07) is 3.95. The zero-order chi connectivity index (χ0) is 11.8. The molecule has 1 aromatic rings. The smallest absolute Gasteiger partial charge is 0.306 e. The second-order valence-electron chi connectivity index (χ2n) is 3.89. The second kappa shape index (κ2) is 6.95. The molecule has 1 atom stereocenters. The highest BCUT2D eigenvalue weighted by Crippen LogP contribution is 2.00. The fourth-order valence-electron chi connectivity index (χ4n) is 1.35. The Morgan fingerprint density at radius 3 is 3.00 bits per heavy atom. The van der Waals surface area contributed by atoms with Crippen LogP contribution in [-0.2, 0) is 11.2 Å². The number of carboxylic acids is 1. The first-order valence-electron chi connectivity index (χ1n) is 5.52. The van der Waals surface area contributed by atoms with E-state index in [0.29, 0.717) is 6.42 Å². The van der Waals surface area contributed by atoms with Crippen LogP contribution < -0.4 is 5.32 Å². The van der Waals surface area contributed by atoms with E-state index in [1.165, 1.54) is 5.56 Å². The molecule has 0 saturated heterocycles. The van der Waals surface area contributed by atoms with E-state index in [-0.39, 0.29) is 5.92 Å². The van der Waals surface area contributed by atoms with Crippen molar-refractivity contribution in [1.82, 2.24) is 10.3 Å². The molecule has 0 radical (unpaired) electrons. The fourth-order valence-corrected chi connectivity index (χ4v) is 1.35. The highest BCUT2D eigenvalue weighted by atomic mass is 16.4. The lowest BCUT2D eigenvalue weighted by Crippen LogP contribution is -2.22. The van der Waals surface area contributed by atoms with E-state index in [2.05, 4.69) is 10.3 Å². The second-order valence-corrected chi connectivity index (χ2v) is 3.89. The van der Waals surface area contributed by atoms with E-state index in [1.54, 1.807) is 13.1 Å². The zero-order valence-corrected chi connectivity index (χ0v) is 9.52. The number of nitrogens with zero attached hydrogens (tertiary/aromatic N) is 1. The Labute approximate surface area is 95.7 Å². The standard InChI is InChI=1S/C12H18N2O2/c1-10(12(15)16)4-7-13-8-5-11-3-2-6-14-9-11/h2-3,6,9-10,13H,4-5,7-8H2,1H3,(H,15,16). The molecule has 0 aliphatic carbocycles. The molecule has 1 heterocycles. The van der Waals surface area contributed by atoms with Gasteiger partial charge in [-0.1, -0.05) is 13.0 Å². The van der Waals surface area contributed by atoms with Crippen LogP contribution in [0.1, 0.15) is 18.9 Å². The summed E-state index contributed by atoms with van der Waals surface area (Å²) in [5.41, 5.74) is 1.20. The van der Waals surface area contributed by atoms with Crippen molar-refractivity contribution in [3.8, 4) is 0 Å². The van der Waals surface area contributed by atoms with Gasteiger partial charge in [0.15, 0.2) is 0 Å². The summed E-state index contributed by atoms with van der Waals surface area (Å²) in [5, 5.41) is 11.9. The minimum atomic E-state index is -0.728. The lowest BCUT2D eigenvalue weighted by molar-refractivity contribution is -0.141. The van der Waals surface area contributed by atoms with Gasteiger partial charge in [-0.15, -0.1) is 0 Å². The van der Waals surface area contributed by atoms with E-state index in [1.807, 2.05) is 18.3 Å². The van der Waals surface area contributed by atoms with Gasteiger partial charge in [0.05, 0.1) is 5.92 Å². The molecule has 0 aliphatic heterocycles. The molecule has 0 bridgehead atoms. The Bertz CT molecular complexity index is 314. The van der Waals surface area contributed by atoms with Gasteiger partial charge in [0.2, 0.25) is 0 Å². The van der Waals surface area contributed by atoms with Crippen molar-refractivity contribution < 1.29 is 9.90 Å². The summed E-state index contributed by atoms with van der Waals surface area (Å²) < 4.78 is 0. The van der Waals surface area contributed by atoms with Crippen LogP contribution in [0.5, 0.6) is 0 Å². The quantitative estimate of drug-likeness (QED) is 0.683. The van der Waals surface area contributed by atoms with Crippen LogP contribution in [0, 0.1) is 5.92 Å². The topological polar surface area (TPSA) is 62.2 Å². The summed E-state index contributed by atoms with van der Waals surface area (Å²) in [5.74, 6) is -1.00. The van der Waals surface area contributed by atoms with Gasteiger partial charge in [0, 0.05) is 12.4 Å². The molecule has 1 rings (SSSR count). The summed E-state index contributed by atoms with van der Waals surface area (Å²) in [6.07, 6.45) is 5.20. The number of hydrogen-bond donors (Lipinski definition) is 2. The summed E-state index contributed by atoms with van der Waals surface area (Å²) in [6.45, 7) is 3.33. The molecule has 88 valence electrons. The SMILES string of the molecule is CC(CCNCCc1cccnc1)C(=O)O. The van der Waals surface area contributed by atoms with Gasteiger partial charge >= 0.3 is 5.97 Å². The average Bonchev–Trinajstić information content (AvgIpc) is 2.29. The molecule has 4 heteroatoms. The largest absolute Gasteiger partial charge is 0.481 e. The van der Waals surface area contributed by atoms with Crippen LogP contribution in [0.25, 0.3) is 0 Å². The minimum Gasteiger partial charge on any atom is -0.481 e. The molecule has 16 heavy (non-hydrogen) atoms. The van der Waals surface area contributed by atoms with E-state index < -0.39 is 5.97 Å². The van der Waals surface area contributed by atoms with Gasteiger partial charge in [-0.05, 0) is 37.6 Å². The monoisotopic (exact) mass is 222 g/mol. The minimum absolute atomic E-state index is 0.272. The number of aromatic nitrogens is 1. The van der Waals surface area contributed by atoms with Gasteiger partial charge in [0.25, 0.3) is 0 Å². The lowest BCUT2D eigenvalue weighted by Gasteiger charge is -2.07. The third-order valence-corrected chi connectivity index (χ3v) is 2.49. The fraction of sp³-hybridized carbons (Fsp3) is 0.500. The van der Waals surface area contributed by atoms with Crippen LogP contribution in [0.3, 0.4) is 0 Å². The van der Waals surface area contributed by atoms with Crippen molar-refractivity contribution in [2.24, 2.45) is 5.92 Å². The molecule has 4 nitrogen and oxygen atoms in total. The Kier molecular flexibility index (Phi) is 5.50. The Morgan fingerprint density at radius 2 is 2.38 bits per heavy atom. The van der Waals surface area contributed by atoms with Gasteiger partial charge in [-0.3, -0.25) is 9.78 Å². The number of carbonyl (C=O) groups is 1. The molecule has 0 fully saturated rings. The number of rotatable bonds is 7. The first-order valence-corrected chi connectivity index (χ1v) is 5.52. The summed E-state index contributed by atoms with van der Waals surface area (Å²) in [4.78, 5) is 14.6. The first-order chi connectivity index (χ1) is 7.70. The normalized spacial score (nSPS) is 12.3. The van der Waals surface area contributed by atoms with Crippen LogP contribution in [0.2, 0.25) is 0 Å². The molecule has 2 N–H and O–H groups in total. The van der Waals surface area contributed by atoms with Crippen molar-refractivity contribution in [3.63, 3.8) is 0 Å². The van der Waals surface area contributed by atoms with Crippen molar-refractivity contribution in [2.75, 3.05) is 13.1 Å². The lowest BCUT2D eigenvalue weighted by atomic mass is 10.1. The van der Waals surface area contributed by atoms with Crippen molar-refractivity contribution in [1.29, 1.82) is 0 Å². The summed E-state index contributed by atoms with van der Waals surface area (Å²) >= 11 is 0. The number of carboxylic acid groups (broad SMARTS) is 1.